The highest BCUT2D eigenvalue weighted by Gasteiger charge is 2.21. The highest BCUT2D eigenvalue weighted by molar-refractivity contribution is 6.18. The predicted molar refractivity (Wildman–Crippen MR) is 132 cm³/mol. The number of hydrogen-bond donors (Lipinski definition) is 2. The summed E-state index contributed by atoms with van der Waals surface area (Å²) in [6.07, 6.45) is 0. The molecule has 4 nitrogen and oxygen atoms in total. The quantitative estimate of drug-likeness (QED) is 0.287. The number of aryl methyl sites for hydroxylation is 2. The average Bonchev–Trinajstić information content (AvgIpc) is 2.78. The van der Waals surface area contributed by atoms with Crippen molar-refractivity contribution < 1.29 is 19.7 Å². The molecule has 0 amide bonds. The third-order valence-corrected chi connectivity index (χ3v) is 5.88. The molecule has 0 radical (unpaired) electrons. The Morgan fingerprint density at radius 1 is 0.688 bits per heavy atom. The van der Waals surface area contributed by atoms with Crippen molar-refractivity contribution in [3.63, 3.8) is 0 Å². The van der Waals surface area contributed by atoms with Gasteiger partial charge in [-0.2, -0.15) is 0 Å². The molecular weight excluding hydrogens is 447 g/mol. The van der Waals surface area contributed by atoms with Gasteiger partial charge in [0.05, 0.1) is 11.8 Å². The molecule has 0 bridgehead atoms. The van der Waals surface area contributed by atoms with Crippen molar-refractivity contribution in [2.24, 2.45) is 0 Å². The molecular formula is C26H24Cl2O4. The largest absolute Gasteiger partial charge is 0.507 e. The normalized spacial score (nSPS) is 11.2. The Kier molecular flexibility index (Phi) is 6.54. The SMILES string of the molecule is Cc1cccc2c(OCCCl)cc(-c3cc(OCCCl)c4cccc(C)c4c3O)c(O)c12. The second-order valence-corrected chi connectivity index (χ2v) is 8.37. The van der Waals surface area contributed by atoms with Crippen molar-refractivity contribution in [1.82, 2.24) is 0 Å². The highest BCUT2D eigenvalue weighted by atomic mass is 35.5. The van der Waals surface area contributed by atoms with Crippen LogP contribution in [-0.4, -0.2) is 35.2 Å². The summed E-state index contributed by atoms with van der Waals surface area (Å²) in [4.78, 5) is 0. The number of alkyl halides is 2. The first-order valence-corrected chi connectivity index (χ1v) is 11.4. The second kappa shape index (κ2) is 9.35. The van der Waals surface area contributed by atoms with Crippen LogP contribution in [0.5, 0.6) is 23.0 Å². The summed E-state index contributed by atoms with van der Waals surface area (Å²) >= 11 is 11.7. The number of hydrogen-bond acceptors (Lipinski definition) is 4. The number of halogens is 2. The van der Waals surface area contributed by atoms with Crippen molar-refractivity contribution in [3.05, 3.63) is 59.7 Å². The van der Waals surface area contributed by atoms with Crippen LogP contribution in [0.3, 0.4) is 0 Å². The summed E-state index contributed by atoms with van der Waals surface area (Å²) < 4.78 is 11.8. The van der Waals surface area contributed by atoms with Crippen molar-refractivity contribution in [1.29, 1.82) is 0 Å². The van der Waals surface area contributed by atoms with Gasteiger partial charge in [-0.15, -0.1) is 23.2 Å². The monoisotopic (exact) mass is 470 g/mol. The van der Waals surface area contributed by atoms with E-state index in [1.54, 1.807) is 12.1 Å². The molecule has 0 aromatic heterocycles. The Balaban J connectivity index is 2.06. The lowest BCUT2D eigenvalue weighted by molar-refractivity contribution is 0.346. The molecule has 0 heterocycles. The van der Waals surface area contributed by atoms with Gasteiger partial charge in [-0.3, -0.25) is 0 Å². The lowest BCUT2D eigenvalue weighted by Crippen LogP contribution is -2.01. The Morgan fingerprint density at radius 2 is 1.09 bits per heavy atom. The van der Waals surface area contributed by atoms with Crippen molar-refractivity contribution in [3.8, 4) is 34.1 Å². The summed E-state index contributed by atoms with van der Waals surface area (Å²) in [7, 11) is 0. The first kappa shape index (κ1) is 22.4. The van der Waals surface area contributed by atoms with E-state index in [1.165, 1.54) is 0 Å². The summed E-state index contributed by atoms with van der Waals surface area (Å²) in [5, 5.41) is 25.5. The summed E-state index contributed by atoms with van der Waals surface area (Å²) in [6.45, 7) is 4.50. The van der Waals surface area contributed by atoms with Crippen molar-refractivity contribution in [2.45, 2.75) is 13.8 Å². The minimum atomic E-state index is 0.0721. The second-order valence-electron chi connectivity index (χ2n) is 7.61. The van der Waals surface area contributed by atoms with Crippen LogP contribution in [0, 0.1) is 13.8 Å². The van der Waals surface area contributed by atoms with Gasteiger partial charge in [0, 0.05) is 32.7 Å². The fourth-order valence-electron chi connectivity index (χ4n) is 4.15. The molecule has 4 aromatic carbocycles. The van der Waals surface area contributed by atoms with Crippen LogP contribution in [0.4, 0.5) is 0 Å². The van der Waals surface area contributed by atoms with E-state index >= 15 is 0 Å². The van der Waals surface area contributed by atoms with Crippen LogP contribution in [0.1, 0.15) is 11.1 Å². The molecule has 0 unspecified atom stereocenters. The average molecular weight is 471 g/mol. The summed E-state index contributed by atoms with van der Waals surface area (Å²) in [5.41, 5.74) is 2.70. The fourth-order valence-corrected chi connectivity index (χ4v) is 4.30. The zero-order valence-electron chi connectivity index (χ0n) is 17.9. The summed E-state index contributed by atoms with van der Waals surface area (Å²) in [5.74, 6) is 1.99. The van der Waals surface area contributed by atoms with Crippen LogP contribution >= 0.6 is 23.2 Å². The van der Waals surface area contributed by atoms with Gasteiger partial charge in [0.15, 0.2) is 0 Å². The van der Waals surface area contributed by atoms with E-state index in [1.807, 2.05) is 50.2 Å². The number of fused-ring (bicyclic) bond motifs is 2. The minimum absolute atomic E-state index is 0.0721. The van der Waals surface area contributed by atoms with Crippen LogP contribution in [-0.2, 0) is 0 Å². The number of rotatable bonds is 7. The smallest absolute Gasteiger partial charge is 0.131 e. The first-order valence-electron chi connectivity index (χ1n) is 10.4. The van der Waals surface area contributed by atoms with Gasteiger partial charge in [-0.1, -0.05) is 36.4 Å². The van der Waals surface area contributed by atoms with E-state index in [9.17, 15) is 10.2 Å². The molecule has 4 rings (SSSR count). The zero-order valence-corrected chi connectivity index (χ0v) is 19.4. The number of ether oxygens (including phenoxy) is 2. The van der Waals surface area contributed by atoms with E-state index in [4.69, 9.17) is 32.7 Å². The van der Waals surface area contributed by atoms with E-state index in [-0.39, 0.29) is 11.5 Å². The Hall–Kier alpha value is -2.82. The molecule has 32 heavy (non-hydrogen) atoms. The van der Waals surface area contributed by atoms with Crippen LogP contribution in [0.15, 0.2) is 48.5 Å². The van der Waals surface area contributed by atoms with Gasteiger partial charge in [0.2, 0.25) is 0 Å². The molecule has 0 saturated heterocycles. The number of benzene rings is 4. The maximum Gasteiger partial charge on any atom is 0.131 e. The molecule has 166 valence electrons. The van der Waals surface area contributed by atoms with Gasteiger partial charge >= 0.3 is 0 Å². The molecule has 6 heteroatoms. The van der Waals surface area contributed by atoms with Gasteiger partial charge in [-0.25, -0.2) is 0 Å². The first-order chi connectivity index (χ1) is 15.5. The van der Waals surface area contributed by atoms with Crippen molar-refractivity contribution >= 4 is 44.7 Å². The Bertz CT molecular complexity index is 1200. The lowest BCUT2D eigenvalue weighted by atomic mass is 9.92. The molecule has 0 saturated carbocycles. The molecule has 0 aliphatic carbocycles. The van der Waals surface area contributed by atoms with Gasteiger partial charge in [-0.05, 0) is 37.1 Å². The maximum absolute atomic E-state index is 11.3. The van der Waals surface area contributed by atoms with Gasteiger partial charge in [0.25, 0.3) is 0 Å². The molecule has 4 aromatic rings. The van der Waals surface area contributed by atoms with E-state index in [0.717, 1.165) is 21.9 Å². The molecule has 2 N–H and O–H groups in total. The maximum atomic E-state index is 11.3. The topological polar surface area (TPSA) is 58.9 Å². The Morgan fingerprint density at radius 3 is 1.47 bits per heavy atom. The number of aromatic hydroxyl groups is 2. The van der Waals surface area contributed by atoms with E-state index in [2.05, 4.69) is 0 Å². The zero-order chi connectivity index (χ0) is 22.8. The number of phenolic OH excluding ortho intramolecular Hbond substituents is 2. The standard InChI is InChI=1S/C26H24Cl2O4/c1-15-5-3-7-17-21(31-11-9-27)13-19(25(29)23(15)17)20-14-22(32-12-10-28)18-8-4-6-16(2)24(18)26(20)30/h3-8,13-14,29-30H,9-12H2,1-2H3. The molecule has 0 spiro atoms. The van der Waals surface area contributed by atoms with Crippen LogP contribution in [0.25, 0.3) is 32.7 Å². The molecule has 0 fully saturated rings. The van der Waals surface area contributed by atoms with Gasteiger partial charge in [0.1, 0.15) is 36.2 Å². The third-order valence-electron chi connectivity index (χ3n) is 5.57. The van der Waals surface area contributed by atoms with Crippen LogP contribution in [0.2, 0.25) is 0 Å². The van der Waals surface area contributed by atoms with Crippen LogP contribution < -0.4 is 9.47 Å². The fraction of sp³-hybridized carbons (Fsp3) is 0.231. The summed E-state index contributed by atoms with van der Waals surface area (Å²) in [6, 6.07) is 15.0. The number of phenols is 2. The van der Waals surface area contributed by atoms with E-state index < -0.39 is 0 Å². The molecule has 0 aliphatic rings. The lowest BCUT2D eigenvalue weighted by Gasteiger charge is -2.19. The van der Waals surface area contributed by atoms with Crippen molar-refractivity contribution in [2.75, 3.05) is 25.0 Å². The minimum Gasteiger partial charge on any atom is -0.507 e. The Labute approximate surface area is 196 Å². The third kappa shape index (κ3) is 3.89. The van der Waals surface area contributed by atoms with E-state index in [0.29, 0.717) is 58.4 Å². The predicted octanol–water partition coefficient (Wildman–Crippen LogP) is 6.92. The molecule has 0 aliphatic heterocycles. The van der Waals surface area contributed by atoms with Gasteiger partial charge < -0.3 is 19.7 Å². The highest BCUT2D eigenvalue weighted by Crippen LogP contribution is 2.49. The molecule has 0 atom stereocenters.